The zero-order valence-corrected chi connectivity index (χ0v) is 15.5. The Morgan fingerprint density at radius 2 is 1.48 bits per heavy atom. The number of rotatable bonds is 3. The molecule has 0 aromatic heterocycles. The van der Waals surface area contributed by atoms with Crippen LogP contribution in [0.3, 0.4) is 0 Å². The first-order valence-corrected chi connectivity index (χ1v) is 10.4. The van der Waals surface area contributed by atoms with Crippen LogP contribution in [0.15, 0.2) is 32.0 Å². The van der Waals surface area contributed by atoms with Crippen LogP contribution in [0.2, 0.25) is 0 Å². The molecular formula is C10H13Br2N3O4S2. The van der Waals surface area contributed by atoms with E-state index in [-0.39, 0.29) is 31.1 Å². The van der Waals surface area contributed by atoms with Gasteiger partial charge in [0.05, 0.1) is 4.90 Å². The van der Waals surface area contributed by atoms with Crippen molar-refractivity contribution in [3.05, 3.63) is 27.1 Å². The van der Waals surface area contributed by atoms with Gasteiger partial charge in [0.1, 0.15) is 0 Å². The second kappa shape index (κ2) is 6.22. The highest BCUT2D eigenvalue weighted by atomic mass is 79.9. The number of nitrogens with two attached hydrogens (primary N) is 1. The molecule has 21 heavy (non-hydrogen) atoms. The Bertz CT molecular complexity index is 744. The van der Waals surface area contributed by atoms with Crippen molar-refractivity contribution in [2.45, 2.75) is 4.90 Å². The molecule has 1 aliphatic heterocycles. The molecule has 1 aromatic carbocycles. The third-order valence-electron chi connectivity index (χ3n) is 3.07. The fraction of sp³-hybridized carbons (Fsp3) is 0.400. The minimum Gasteiger partial charge on any atom is -0.216 e. The molecule has 11 heteroatoms. The van der Waals surface area contributed by atoms with Gasteiger partial charge in [-0.2, -0.15) is 17.0 Å². The minimum absolute atomic E-state index is 0.0453. The van der Waals surface area contributed by atoms with Crippen molar-refractivity contribution in [1.82, 2.24) is 8.61 Å². The Kier molecular flexibility index (Phi) is 5.13. The predicted molar refractivity (Wildman–Crippen MR) is 85.3 cm³/mol. The Morgan fingerprint density at radius 3 is 2.00 bits per heavy atom. The standard InChI is InChI=1S/C10H13Br2N3O4S2/c11-8-1-2-9(12)10(7-8)20(16,17)14-3-5-15(6-4-14)21(13,18)19/h1-2,7H,3-6H2,(H2,13,18,19). The van der Waals surface area contributed by atoms with E-state index in [9.17, 15) is 16.8 Å². The van der Waals surface area contributed by atoms with E-state index in [0.717, 1.165) is 4.31 Å². The van der Waals surface area contributed by atoms with Crippen molar-refractivity contribution in [3.8, 4) is 0 Å². The molecule has 0 atom stereocenters. The molecule has 0 amide bonds. The van der Waals surface area contributed by atoms with Crippen molar-refractivity contribution in [3.63, 3.8) is 0 Å². The van der Waals surface area contributed by atoms with Gasteiger partial charge in [-0.05, 0) is 34.1 Å². The molecule has 1 saturated heterocycles. The summed E-state index contributed by atoms with van der Waals surface area (Å²) >= 11 is 6.46. The van der Waals surface area contributed by atoms with E-state index in [0.29, 0.717) is 8.95 Å². The maximum Gasteiger partial charge on any atom is 0.276 e. The van der Waals surface area contributed by atoms with E-state index in [4.69, 9.17) is 5.14 Å². The SMILES string of the molecule is NS(=O)(=O)N1CCN(S(=O)(=O)c2cc(Br)ccc2Br)CC1. The molecule has 0 aliphatic carbocycles. The third-order valence-corrected chi connectivity index (χ3v) is 7.54. The summed E-state index contributed by atoms with van der Waals surface area (Å²) in [5, 5.41) is 5.04. The lowest BCUT2D eigenvalue weighted by Crippen LogP contribution is -2.52. The highest BCUT2D eigenvalue weighted by molar-refractivity contribution is 9.11. The predicted octanol–water partition coefficient (Wildman–Crippen LogP) is 0.721. The summed E-state index contributed by atoms with van der Waals surface area (Å²) in [5.74, 6) is 0. The summed E-state index contributed by atoms with van der Waals surface area (Å²) in [6.45, 7) is 0.225. The lowest BCUT2D eigenvalue weighted by Gasteiger charge is -2.32. The lowest BCUT2D eigenvalue weighted by molar-refractivity contribution is 0.273. The highest BCUT2D eigenvalue weighted by Gasteiger charge is 2.32. The molecule has 2 rings (SSSR count). The topological polar surface area (TPSA) is 101 Å². The summed E-state index contributed by atoms with van der Waals surface area (Å²) in [7, 11) is -7.47. The summed E-state index contributed by atoms with van der Waals surface area (Å²) in [6.07, 6.45) is 0. The Hall–Kier alpha value is -0.0400. The zero-order valence-electron chi connectivity index (χ0n) is 10.7. The molecule has 2 N–H and O–H groups in total. The van der Waals surface area contributed by atoms with Gasteiger partial charge in [0.25, 0.3) is 10.2 Å². The molecule has 1 aliphatic rings. The van der Waals surface area contributed by atoms with Gasteiger partial charge in [0.15, 0.2) is 0 Å². The molecule has 1 heterocycles. The lowest BCUT2D eigenvalue weighted by atomic mass is 10.4. The Labute approximate surface area is 140 Å². The molecule has 0 unspecified atom stereocenters. The molecule has 1 aromatic rings. The fourth-order valence-electron chi connectivity index (χ4n) is 1.98. The van der Waals surface area contributed by atoms with E-state index in [2.05, 4.69) is 31.9 Å². The molecule has 0 saturated carbocycles. The van der Waals surface area contributed by atoms with E-state index in [1.165, 1.54) is 10.4 Å². The minimum atomic E-state index is -3.78. The molecule has 1 fully saturated rings. The molecule has 118 valence electrons. The smallest absolute Gasteiger partial charge is 0.216 e. The van der Waals surface area contributed by atoms with Gasteiger partial charge in [0, 0.05) is 35.1 Å². The molecular weight excluding hydrogens is 450 g/mol. The largest absolute Gasteiger partial charge is 0.276 e. The van der Waals surface area contributed by atoms with Crippen molar-refractivity contribution in [2.75, 3.05) is 26.2 Å². The molecule has 0 spiro atoms. The zero-order chi connectivity index (χ0) is 15.8. The van der Waals surface area contributed by atoms with E-state index >= 15 is 0 Å². The normalized spacial score (nSPS) is 18.8. The number of halogens is 2. The van der Waals surface area contributed by atoms with Crippen LogP contribution < -0.4 is 5.14 Å². The van der Waals surface area contributed by atoms with Crippen molar-refractivity contribution < 1.29 is 16.8 Å². The number of benzene rings is 1. The maximum atomic E-state index is 12.6. The first-order valence-electron chi connectivity index (χ1n) is 5.85. The van der Waals surface area contributed by atoms with Gasteiger partial charge in [-0.1, -0.05) is 15.9 Å². The Balaban J connectivity index is 2.25. The number of sulfonamides is 1. The average molecular weight is 463 g/mol. The first kappa shape index (κ1) is 17.3. The van der Waals surface area contributed by atoms with Gasteiger partial charge in [-0.15, -0.1) is 0 Å². The summed E-state index contributed by atoms with van der Waals surface area (Å²) < 4.78 is 51.1. The van der Waals surface area contributed by atoms with Crippen LogP contribution >= 0.6 is 31.9 Å². The molecule has 7 nitrogen and oxygen atoms in total. The van der Waals surface area contributed by atoms with Gasteiger partial charge < -0.3 is 0 Å². The number of nitrogens with zero attached hydrogens (tertiary/aromatic N) is 2. The van der Waals surface area contributed by atoms with Crippen LogP contribution in [0.4, 0.5) is 0 Å². The van der Waals surface area contributed by atoms with Crippen LogP contribution in [-0.2, 0) is 20.2 Å². The molecule has 0 radical (unpaired) electrons. The van der Waals surface area contributed by atoms with Crippen LogP contribution in [0.1, 0.15) is 0 Å². The quantitative estimate of drug-likeness (QED) is 0.714. The van der Waals surface area contributed by atoms with E-state index in [1.807, 2.05) is 0 Å². The first-order chi connectivity index (χ1) is 9.62. The number of piperazine rings is 1. The van der Waals surface area contributed by atoms with Crippen LogP contribution in [0, 0.1) is 0 Å². The van der Waals surface area contributed by atoms with Crippen LogP contribution in [-0.4, -0.2) is 51.6 Å². The van der Waals surface area contributed by atoms with E-state index in [1.54, 1.807) is 12.1 Å². The maximum absolute atomic E-state index is 12.6. The van der Waals surface area contributed by atoms with Crippen molar-refractivity contribution in [1.29, 1.82) is 0 Å². The van der Waals surface area contributed by atoms with Crippen LogP contribution in [0.5, 0.6) is 0 Å². The van der Waals surface area contributed by atoms with Gasteiger partial charge in [-0.25, -0.2) is 13.6 Å². The van der Waals surface area contributed by atoms with Crippen molar-refractivity contribution >= 4 is 52.1 Å². The second-order valence-corrected chi connectivity index (χ2v) is 9.65. The highest BCUT2D eigenvalue weighted by Crippen LogP contribution is 2.28. The molecule has 0 bridgehead atoms. The second-order valence-electron chi connectivity index (χ2n) is 4.42. The fourth-order valence-corrected chi connectivity index (χ4v) is 5.54. The average Bonchev–Trinajstić information content (AvgIpc) is 2.40. The van der Waals surface area contributed by atoms with Crippen LogP contribution in [0.25, 0.3) is 0 Å². The Morgan fingerprint density at radius 1 is 0.952 bits per heavy atom. The van der Waals surface area contributed by atoms with E-state index < -0.39 is 20.2 Å². The monoisotopic (exact) mass is 461 g/mol. The summed E-state index contributed by atoms with van der Waals surface area (Å²) in [5.41, 5.74) is 0. The van der Waals surface area contributed by atoms with Crippen molar-refractivity contribution in [2.24, 2.45) is 5.14 Å². The van der Waals surface area contributed by atoms with Gasteiger partial charge in [0.2, 0.25) is 10.0 Å². The summed E-state index contributed by atoms with van der Waals surface area (Å²) in [4.78, 5) is 0.140. The van der Waals surface area contributed by atoms with Gasteiger partial charge >= 0.3 is 0 Å². The summed E-state index contributed by atoms with van der Waals surface area (Å²) in [6, 6.07) is 4.87. The number of hydrogen-bond acceptors (Lipinski definition) is 4. The third kappa shape index (κ3) is 3.84. The number of hydrogen-bond donors (Lipinski definition) is 1. The van der Waals surface area contributed by atoms with Gasteiger partial charge in [-0.3, -0.25) is 0 Å².